The molecule has 0 aliphatic carbocycles. The van der Waals surface area contributed by atoms with Crippen LogP contribution in [0.1, 0.15) is 31.0 Å². The predicted molar refractivity (Wildman–Crippen MR) is 67.0 cm³/mol. The number of aliphatic hydroxyl groups is 1. The number of nitrogens with zero attached hydrogens (tertiary/aromatic N) is 2. The van der Waals surface area contributed by atoms with Crippen LogP contribution >= 0.6 is 11.6 Å². The van der Waals surface area contributed by atoms with Crippen LogP contribution in [-0.2, 0) is 23.0 Å². The highest BCUT2D eigenvalue weighted by Crippen LogP contribution is 2.25. The Morgan fingerprint density at radius 1 is 1.47 bits per heavy atom. The van der Waals surface area contributed by atoms with Gasteiger partial charge in [-0.05, 0) is 5.92 Å². The van der Waals surface area contributed by atoms with E-state index in [1.165, 1.54) is 10.9 Å². The standard InChI is InChI=1S/C10H17ClN2O3S/c1-7(2)9-8(6-14)10(11)13(12-9)4-5-17(3,15)16/h7,14H,4-6H2,1-3H3. The predicted octanol–water partition coefficient (Wildman–Crippen LogP) is 1.20. The second-order valence-corrected chi connectivity index (χ2v) is 6.94. The normalized spacial score (nSPS) is 12.4. The van der Waals surface area contributed by atoms with Crippen LogP contribution in [0.3, 0.4) is 0 Å². The fourth-order valence-electron chi connectivity index (χ4n) is 1.51. The molecular weight excluding hydrogens is 264 g/mol. The number of hydrogen-bond donors (Lipinski definition) is 1. The molecule has 0 amide bonds. The van der Waals surface area contributed by atoms with Gasteiger partial charge in [0.2, 0.25) is 0 Å². The van der Waals surface area contributed by atoms with Gasteiger partial charge < -0.3 is 5.11 Å². The first-order valence-corrected chi connectivity index (χ1v) is 7.73. The molecule has 5 nitrogen and oxygen atoms in total. The van der Waals surface area contributed by atoms with Gasteiger partial charge in [0.25, 0.3) is 0 Å². The van der Waals surface area contributed by atoms with Crippen molar-refractivity contribution in [1.82, 2.24) is 9.78 Å². The molecule has 0 spiro atoms. The lowest BCUT2D eigenvalue weighted by atomic mass is 10.1. The topological polar surface area (TPSA) is 72.2 Å². The molecule has 0 bridgehead atoms. The number of aryl methyl sites for hydroxylation is 1. The smallest absolute Gasteiger partial charge is 0.149 e. The Morgan fingerprint density at radius 3 is 2.41 bits per heavy atom. The molecule has 1 heterocycles. The van der Waals surface area contributed by atoms with E-state index in [1.807, 2.05) is 13.8 Å². The average molecular weight is 281 g/mol. The lowest BCUT2D eigenvalue weighted by Gasteiger charge is -2.01. The van der Waals surface area contributed by atoms with Gasteiger partial charge in [0.15, 0.2) is 0 Å². The van der Waals surface area contributed by atoms with E-state index in [-0.39, 0.29) is 24.8 Å². The van der Waals surface area contributed by atoms with Crippen LogP contribution in [0.5, 0.6) is 0 Å². The molecule has 0 aliphatic heterocycles. The summed E-state index contributed by atoms with van der Waals surface area (Å²) in [5.74, 6) is 0.116. The first kappa shape index (κ1) is 14.5. The van der Waals surface area contributed by atoms with Crippen LogP contribution in [0.15, 0.2) is 0 Å². The summed E-state index contributed by atoms with van der Waals surface area (Å²) in [6, 6.07) is 0. The molecule has 1 N–H and O–H groups in total. The summed E-state index contributed by atoms with van der Waals surface area (Å²) in [5, 5.41) is 13.8. The van der Waals surface area contributed by atoms with Gasteiger partial charge in [0.1, 0.15) is 15.0 Å². The summed E-state index contributed by atoms with van der Waals surface area (Å²) in [6.45, 7) is 3.90. The van der Waals surface area contributed by atoms with Crippen LogP contribution in [0.25, 0.3) is 0 Å². The lowest BCUT2D eigenvalue weighted by Crippen LogP contribution is -2.12. The van der Waals surface area contributed by atoms with E-state index in [0.717, 1.165) is 0 Å². The summed E-state index contributed by atoms with van der Waals surface area (Å²) < 4.78 is 23.6. The van der Waals surface area contributed by atoms with E-state index < -0.39 is 9.84 Å². The molecule has 0 fully saturated rings. The highest BCUT2D eigenvalue weighted by Gasteiger charge is 2.18. The van der Waals surface area contributed by atoms with Crippen molar-refractivity contribution in [3.63, 3.8) is 0 Å². The van der Waals surface area contributed by atoms with Crippen LogP contribution in [0.2, 0.25) is 5.15 Å². The van der Waals surface area contributed by atoms with Gasteiger partial charge in [-0.15, -0.1) is 0 Å². The Labute approximate surface area is 106 Å². The van der Waals surface area contributed by atoms with Gasteiger partial charge in [-0.3, -0.25) is 4.68 Å². The molecule has 0 radical (unpaired) electrons. The van der Waals surface area contributed by atoms with Gasteiger partial charge in [-0.25, -0.2) is 8.42 Å². The molecular formula is C10H17ClN2O3S. The van der Waals surface area contributed by atoms with Crippen molar-refractivity contribution in [1.29, 1.82) is 0 Å². The zero-order valence-corrected chi connectivity index (χ0v) is 11.7. The molecule has 1 rings (SSSR count). The molecule has 0 atom stereocenters. The maximum atomic E-state index is 11.1. The molecule has 1 aromatic heterocycles. The molecule has 17 heavy (non-hydrogen) atoms. The Balaban J connectivity index is 3.02. The Hall–Kier alpha value is -0.590. The van der Waals surface area contributed by atoms with Gasteiger partial charge in [0.05, 0.1) is 24.6 Å². The second kappa shape index (κ2) is 5.37. The minimum absolute atomic E-state index is 0.0171. The van der Waals surface area contributed by atoms with Crippen molar-refractivity contribution >= 4 is 21.4 Å². The summed E-state index contributed by atoms with van der Waals surface area (Å²) in [7, 11) is -3.05. The largest absolute Gasteiger partial charge is 0.391 e. The molecule has 0 unspecified atom stereocenters. The van der Waals surface area contributed by atoms with E-state index in [4.69, 9.17) is 11.6 Å². The Bertz CT molecular complexity index is 494. The van der Waals surface area contributed by atoms with E-state index in [1.54, 1.807) is 0 Å². The quantitative estimate of drug-likeness (QED) is 0.880. The van der Waals surface area contributed by atoms with Crippen molar-refractivity contribution in [3.8, 4) is 0 Å². The van der Waals surface area contributed by atoms with Crippen LogP contribution in [-0.4, -0.2) is 35.3 Å². The zero-order valence-electron chi connectivity index (χ0n) is 10.1. The number of hydrogen-bond acceptors (Lipinski definition) is 4. The second-order valence-electron chi connectivity index (χ2n) is 4.32. The van der Waals surface area contributed by atoms with E-state index >= 15 is 0 Å². The van der Waals surface area contributed by atoms with Gasteiger partial charge in [-0.1, -0.05) is 25.4 Å². The lowest BCUT2D eigenvalue weighted by molar-refractivity contribution is 0.280. The van der Waals surface area contributed by atoms with E-state index in [2.05, 4.69) is 5.10 Å². The number of aromatic nitrogens is 2. The van der Waals surface area contributed by atoms with Crippen LogP contribution < -0.4 is 0 Å². The minimum Gasteiger partial charge on any atom is -0.391 e. The average Bonchev–Trinajstić information content (AvgIpc) is 2.51. The van der Waals surface area contributed by atoms with Crippen molar-refractivity contribution in [2.45, 2.75) is 32.9 Å². The van der Waals surface area contributed by atoms with Crippen molar-refractivity contribution in [2.24, 2.45) is 0 Å². The third-order valence-electron chi connectivity index (χ3n) is 2.39. The van der Waals surface area contributed by atoms with Crippen LogP contribution in [0, 0.1) is 0 Å². The van der Waals surface area contributed by atoms with E-state index in [9.17, 15) is 13.5 Å². The van der Waals surface area contributed by atoms with Crippen LogP contribution in [0.4, 0.5) is 0 Å². The fraction of sp³-hybridized carbons (Fsp3) is 0.700. The summed E-state index contributed by atoms with van der Waals surface area (Å²) >= 11 is 6.05. The zero-order chi connectivity index (χ0) is 13.2. The van der Waals surface area contributed by atoms with Crippen molar-refractivity contribution in [3.05, 3.63) is 16.4 Å². The molecule has 0 saturated carbocycles. The molecule has 98 valence electrons. The number of sulfone groups is 1. The first-order valence-electron chi connectivity index (χ1n) is 5.30. The highest BCUT2D eigenvalue weighted by molar-refractivity contribution is 7.90. The summed E-state index contributed by atoms with van der Waals surface area (Å²) in [4.78, 5) is 0. The Kier molecular flexibility index (Phi) is 4.57. The molecule has 0 aromatic carbocycles. The maximum Gasteiger partial charge on any atom is 0.149 e. The highest BCUT2D eigenvalue weighted by atomic mass is 35.5. The molecule has 1 aromatic rings. The molecule has 7 heteroatoms. The third-order valence-corrected chi connectivity index (χ3v) is 3.74. The number of aliphatic hydroxyl groups excluding tert-OH is 1. The summed E-state index contributed by atoms with van der Waals surface area (Å²) in [5.41, 5.74) is 1.29. The third kappa shape index (κ3) is 3.69. The SMILES string of the molecule is CC(C)c1nn(CCS(C)(=O)=O)c(Cl)c1CO. The first-order chi connectivity index (χ1) is 7.76. The molecule has 0 saturated heterocycles. The van der Waals surface area contributed by atoms with Crippen molar-refractivity contribution < 1.29 is 13.5 Å². The summed E-state index contributed by atoms with van der Waals surface area (Å²) in [6.07, 6.45) is 1.17. The van der Waals surface area contributed by atoms with Gasteiger partial charge in [-0.2, -0.15) is 5.10 Å². The molecule has 0 aliphatic rings. The monoisotopic (exact) mass is 280 g/mol. The number of halogens is 1. The Morgan fingerprint density at radius 2 is 2.06 bits per heavy atom. The maximum absolute atomic E-state index is 11.1. The van der Waals surface area contributed by atoms with Crippen molar-refractivity contribution in [2.75, 3.05) is 12.0 Å². The number of rotatable bonds is 5. The van der Waals surface area contributed by atoms with Gasteiger partial charge in [0, 0.05) is 11.8 Å². The van der Waals surface area contributed by atoms with Gasteiger partial charge >= 0.3 is 0 Å². The minimum atomic E-state index is -3.05. The van der Waals surface area contributed by atoms with E-state index in [0.29, 0.717) is 16.4 Å². The fourth-order valence-corrected chi connectivity index (χ4v) is 2.29.